The Bertz CT molecular complexity index is 716. The van der Waals surface area contributed by atoms with Gasteiger partial charge in [-0.15, -0.1) is 16.4 Å². The van der Waals surface area contributed by atoms with Crippen LogP contribution >= 0.6 is 11.3 Å². The fourth-order valence-electron chi connectivity index (χ4n) is 1.96. The molecule has 0 N–H and O–H groups in total. The summed E-state index contributed by atoms with van der Waals surface area (Å²) in [6, 6.07) is 11.9. The van der Waals surface area contributed by atoms with E-state index in [0.29, 0.717) is 5.69 Å². The first kappa shape index (κ1) is 11.8. The molecule has 0 spiro atoms. The highest BCUT2D eigenvalue weighted by Crippen LogP contribution is 2.28. The Hall–Kier alpha value is -2.27. The molecule has 3 rings (SSSR count). The molecule has 94 valence electrons. The van der Waals surface area contributed by atoms with E-state index >= 15 is 0 Å². The molecule has 0 aliphatic heterocycles. The summed E-state index contributed by atoms with van der Waals surface area (Å²) in [5, 5.41) is 10.0. The van der Waals surface area contributed by atoms with E-state index in [4.69, 9.17) is 0 Å². The molecule has 0 radical (unpaired) electrons. The number of hydrogen-bond acceptors (Lipinski definition) is 4. The summed E-state index contributed by atoms with van der Waals surface area (Å²) >= 11 is 1.56. The summed E-state index contributed by atoms with van der Waals surface area (Å²) in [4.78, 5) is 12.1. The normalized spacial score (nSPS) is 10.6. The monoisotopic (exact) mass is 269 g/mol. The maximum atomic E-state index is 11.1. The highest BCUT2D eigenvalue weighted by Gasteiger charge is 2.16. The van der Waals surface area contributed by atoms with E-state index in [1.807, 2.05) is 48.7 Å². The smallest absolute Gasteiger partial charge is 0.172 e. The van der Waals surface area contributed by atoms with Crippen LogP contribution in [0.5, 0.6) is 0 Å². The number of aldehydes is 1. The van der Waals surface area contributed by atoms with Crippen LogP contribution in [0.2, 0.25) is 0 Å². The van der Waals surface area contributed by atoms with Gasteiger partial charge in [0, 0.05) is 0 Å². The molecule has 0 saturated carbocycles. The predicted molar refractivity (Wildman–Crippen MR) is 74.8 cm³/mol. The van der Waals surface area contributed by atoms with Gasteiger partial charge in [0.15, 0.2) is 12.0 Å². The molecule has 0 aliphatic carbocycles. The van der Waals surface area contributed by atoms with Crippen molar-refractivity contribution in [2.24, 2.45) is 0 Å². The van der Waals surface area contributed by atoms with Crippen LogP contribution in [0, 0.1) is 6.92 Å². The Morgan fingerprint density at radius 2 is 2.16 bits per heavy atom. The third-order valence-electron chi connectivity index (χ3n) is 2.81. The van der Waals surface area contributed by atoms with Crippen LogP contribution < -0.4 is 0 Å². The van der Waals surface area contributed by atoms with Crippen molar-refractivity contribution >= 4 is 17.6 Å². The van der Waals surface area contributed by atoms with Gasteiger partial charge in [0.05, 0.1) is 10.6 Å². The molecule has 1 aromatic carbocycles. The van der Waals surface area contributed by atoms with Crippen molar-refractivity contribution in [2.45, 2.75) is 6.92 Å². The second-order valence-corrected chi connectivity index (χ2v) is 5.12. The van der Waals surface area contributed by atoms with Crippen LogP contribution in [0.25, 0.3) is 16.3 Å². The number of rotatable bonds is 3. The summed E-state index contributed by atoms with van der Waals surface area (Å²) in [7, 11) is 0. The molecular formula is C14H11N3OS. The van der Waals surface area contributed by atoms with E-state index in [1.54, 1.807) is 16.0 Å². The third kappa shape index (κ3) is 2.08. The van der Waals surface area contributed by atoms with Crippen molar-refractivity contribution in [1.82, 2.24) is 15.0 Å². The number of carbonyl (C=O) groups excluding carboxylic acids is 1. The third-order valence-corrected chi connectivity index (χ3v) is 3.69. The molecule has 0 aliphatic rings. The topological polar surface area (TPSA) is 47.8 Å². The minimum absolute atomic E-state index is 0.365. The Kier molecular flexibility index (Phi) is 2.97. The number of thiophene rings is 1. The molecule has 3 aromatic rings. The minimum atomic E-state index is 0.365. The summed E-state index contributed by atoms with van der Waals surface area (Å²) in [6.45, 7) is 2.02. The molecule has 0 atom stereocenters. The van der Waals surface area contributed by atoms with Gasteiger partial charge in [-0.05, 0) is 36.1 Å². The zero-order valence-corrected chi connectivity index (χ0v) is 11.1. The van der Waals surface area contributed by atoms with E-state index in [2.05, 4.69) is 10.3 Å². The van der Waals surface area contributed by atoms with Gasteiger partial charge in [-0.1, -0.05) is 23.4 Å². The molecule has 19 heavy (non-hydrogen) atoms. The largest absolute Gasteiger partial charge is 0.296 e. The van der Waals surface area contributed by atoms with Crippen molar-refractivity contribution in [1.29, 1.82) is 0 Å². The predicted octanol–water partition coefficient (Wildman–Crippen LogP) is 3.12. The fraction of sp³-hybridized carbons (Fsp3) is 0.0714. The van der Waals surface area contributed by atoms with Gasteiger partial charge in [-0.3, -0.25) is 4.79 Å². The standard InChI is InChI=1S/C14H11N3OS/c1-10-4-2-5-11(8-10)17-14(12(9-18)15-16-17)13-6-3-7-19-13/h2-9H,1H3. The number of carbonyl (C=O) groups is 1. The highest BCUT2D eigenvalue weighted by molar-refractivity contribution is 7.13. The van der Waals surface area contributed by atoms with Crippen LogP contribution in [0.1, 0.15) is 16.1 Å². The van der Waals surface area contributed by atoms with E-state index in [9.17, 15) is 4.79 Å². The molecular weight excluding hydrogens is 258 g/mol. The lowest BCUT2D eigenvalue weighted by Crippen LogP contribution is -1.99. The summed E-state index contributed by atoms with van der Waals surface area (Å²) in [5.41, 5.74) is 3.15. The van der Waals surface area contributed by atoms with Crippen molar-refractivity contribution in [3.63, 3.8) is 0 Å². The van der Waals surface area contributed by atoms with Gasteiger partial charge in [0.1, 0.15) is 5.69 Å². The minimum Gasteiger partial charge on any atom is -0.296 e. The van der Waals surface area contributed by atoms with Gasteiger partial charge < -0.3 is 0 Å². The average Bonchev–Trinajstić information content (AvgIpc) is 3.07. The first-order chi connectivity index (χ1) is 9.29. The lowest BCUT2D eigenvalue weighted by Gasteiger charge is -2.05. The molecule has 0 amide bonds. The van der Waals surface area contributed by atoms with Gasteiger partial charge in [0.25, 0.3) is 0 Å². The van der Waals surface area contributed by atoms with Crippen molar-refractivity contribution < 1.29 is 4.79 Å². The number of aryl methyl sites for hydroxylation is 1. The lowest BCUT2D eigenvalue weighted by molar-refractivity contribution is 0.111. The van der Waals surface area contributed by atoms with Crippen LogP contribution in [0.3, 0.4) is 0 Å². The van der Waals surface area contributed by atoms with Crippen molar-refractivity contribution in [3.8, 4) is 16.3 Å². The zero-order valence-electron chi connectivity index (χ0n) is 10.3. The highest BCUT2D eigenvalue weighted by atomic mass is 32.1. The summed E-state index contributed by atoms with van der Waals surface area (Å²) in [6.07, 6.45) is 0.744. The van der Waals surface area contributed by atoms with Gasteiger partial charge in [-0.25, -0.2) is 4.68 Å². The summed E-state index contributed by atoms with van der Waals surface area (Å²) < 4.78 is 1.71. The lowest BCUT2D eigenvalue weighted by atomic mass is 10.2. The Morgan fingerprint density at radius 1 is 1.26 bits per heavy atom. The quantitative estimate of drug-likeness (QED) is 0.686. The average molecular weight is 269 g/mol. The van der Waals surface area contributed by atoms with Crippen LogP contribution in [0.15, 0.2) is 41.8 Å². The van der Waals surface area contributed by atoms with Crippen molar-refractivity contribution in [3.05, 3.63) is 53.0 Å². The SMILES string of the molecule is Cc1cccc(-n2nnc(C=O)c2-c2cccs2)c1. The summed E-state index contributed by atoms with van der Waals surface area (Å²) in [5.74, 6) is 0. The second kappa shape index (κ2) is 4.78. The molecule has 2 aromatic heterocycles. The van der Waals surface area contributed by atoms with Gasteiger partial charge >= 0.3 is 0 Å². The van der Waals surface area contributed by atoms with Gasteiger partial charge in [0.2, 0.25) is 0 Å². The molecule has 0 saturated heterocycles. The van der Waals surface area contributed by atoms with E-state index in [-0.39, 0.29) is 0 Å². The van der Waals surface area contributed by atoms with E-state index in [1.165, 1.54) is 0 Å². The number of hydrogen-bond donors (Lipinski definition) is 0. The molecule has 0 fully saturated rings. The maximum Gasteiger partial charge on any atom is 0.172 e. The second-order valence-electron chi connectivity index (χ2n) is 4.17. The van der Waals surface area contributed by atoms with Crippen molar-refractivity contribution in [2.75, 3.05) is 0 Å². The van der Waals surface area contributed by atoms with E-state index < -0.39 is 0 Å². The fourth-order valence-corrected chi connectivity index (χ4v) is 2.72. The molecule has 0 bridgehead atoms. The first-order valence-electron chi connectivity index (χ1n) is 5.81. The molecule has 0 unspecified atom stereocenters. The van der Waals surface area contributed by atoms with Crippen LogP contribution in [-0.2, 0) is 0 Å². The number of aromatic nitrogens is 3. The van der Waals surface area contributed by atoms with Crippen LogP contribution in [0.4, 0.5) is 0 Å². The maximum absolute atomic E-state index is 11.1. The number of nitrogens with zero attached hydrogens (tertiary/aromatic N) is 3. The molecule has 5 heteroatoms. The Balaban J connectivity index is 2.23. The number of benzene rings is 1. The van der Waals surface area contributed by atoms with E-state index in [0.717, 1.165) is 28.1 Å². The Morgan fingerprint density at radius 3 is 2.84 bits per heavy atom. The first-order valence-corrected chi connectivity index (χ1v) is 6.69. The van der Waals surface area contributed by atoms with Gasteiger partial charge in [-0.2, -0.15) is 0 Å². The molecule has 4 nitrogen and oxygen atoms in total. The molecule has 2 heterocycles. The zero-order chi connectivity index (χ0) is 13.2. The van der Waals surface area contributed by atoms with Crippen LogP contribution in [-0.4, -0.2) is 21.3 Å². The Labute approximate surface area is 114 Å².